The SMILES string of the molecule is C/C=C/C(=O)c1ccc(C(F)(F)F)cc1C. The summed E-state index contributed by atoms with van der Waals surface area (Å²) >= 11 is 0. The minimum Gasteiger partial charge on any atom is -0.289 e. The van der Waals surface area contributed by atoms with E-state index in [0.717, 1.165) is 12.1 Å². The van der Waals surface area contributed by atoms with E-state index >= 15 is 0 Å². The molecule has 86 valence electrons. The lowest BCUT2D eigenvalue weighted by Crippen LogP contribution is -2.07. The molecule has 0 aliphatic heterocycles. The van der Waals surface area contributed by atoms with E-state index < -0.39 is 11.7 Å². The van der Waals surface area contributed by atoms with Crippen LogP contribution < -0.4 is 0 Å². The van der Waals surface area contributed by atoms with Crippen LogP contribution >= 0.6 is 0 Å². The van der Waals surface area contributed by atoms with E-state index in [1.807, 2.05) is 0 Å². The molecule has 0 aliphatic carbocycles. The Bertz CT molecular complexity index is 430. The number of allylic oxidation sites excluding steroid dienone is 2. The summed E-state index contributed by atoms with van der Waals surface area (Å²) < 4.78 is 37.0. The molecule has 4 heteroatoms. The molecule has 16 heavy (non-hydrogen) atoms. The molecule has 0 aromatic heterocycles. The van der Waals surface area contributed by atoms with Crippen molar-refractivity contribution in [1.82, 2.24) is 0 Å². The minimum atomic E-state index is -4.37. The summed E-state index contributed by atoms with van der Waals surface area (Å²) in [5.41, 5.74) is -0.106. The topological polar surface area (TPSA) is 17.1 Å². The molecule has 1 rings (SSSR count). The fourth-order valence-corrected chi connectivity index (χ4v) is 1.36. The normalized spacial score (nSPS) is 12.1. The van der Waals surface area contributed by atoms with Crippen molar-refractivity contribution in [2.75, 3.05) is 0 Å². The van der Waals surface area contributed by atoms with E-state index in [9.17, 15) is 18.0 Å². The third kappa shape index (κ3) is 2.72. The minimum absolute atomic E-state index is 0.284. The van der Waals surface area contributed by atoms with Crippen molar-refractivity contribution in [1.29, 1.82) is 0 Å². The number of rotatable bonds is 2. The highest BCUT2D eigenvalue weighted by atomic mass is 19.4. The number of aryl methyl sites for hydroxylation is 1. The van der Waals surface area contributed by atoms with E-state index in [1.54, 1.807) is 13.0 Å². The largest absolute Gasteiger partial charge is 0.416 e. The zero-order valence-electron chi connectivity index (χ0n) is 8.93. The summed E-state index contributed by atoms with van der Waals surface area (Å²) in [5, 5.41) is 0. The first-order valence-electron chi connectivity index (χ1n) is 4.71. The Morgan fingerprint density at radius 1 is 1.31 bits per heavy atom. The molecule has 0 aliphatic rings. The predicted octanol–water partition coefficient (Wildman–Crippen LogP) is 3.77. The van der Waals surface area contributed by atoms with Gasteiger partial charge in [-0.2, -0.15) is 13.2 Å². The molecule has 0 saturated heterocycles. The van der Waals surface area contributed by atoms with Crippen LogP contribution in [-0.2, 0) is 6.18 Å². The number of benzene rings is 1. The van der Waals surface area contributed by atoms with E-state index in [1.165, 1.54) is 19.1 Å². The Morgan fingerprint density at radius 3 is 2.38 bits per heavy atom. The number of carbonyl (C=O) groups is 1. The van der Waals surface area contributed by atoms with Crippen LogP contribution in [0.2, 0.25) is 0 Å². The van der Waals surface area contributed by atoms with Gasteiger partial charge in [0.15, 0.2) is 5.78 Å². The molecule has 0 heterocycles. The van der Waals surface area contributed by atoms with Gasteiger partial charge in [0.1, 0.15) is 0 Å². The summed E-state index contributed by atoms with van der Waals surface area (Å²) in [7, 11) is 0. The van der Waals surface area contributed by atoms with Crippen molar-refractivity contribution < 1.29 is 18.0 Å². The highest BCUT2D eigenvalue weighted by molar-refractivity contribution is 6.05. The highest BCUT2D eigenvalue weighted by Gasteiger charge is 2.30. The zero-order valence-corrected chi connectivity index (χ0v) is 8.93. The van der Waals surface area contributed by atoms with E-state index in [0.29, 0.717) is 11.1 Å². The third-order valence-corrected chi connectivity index (χ3v) is 2.14. The maximum atomic E-state index is 12.3. The van der Waals surface area contributed by atoms with Gasteiger partial charge in [0, 0.05) is 5.56 Å². The Labute approximate surface area is 91.6 Å². The fourth-order valence-electron chi connectivity index (χ4n) is 1.36. The van der Waals surface area contributed by atoms with Crippen LogP contribution in [0.4, 0.5) is 13.2 Å². The second-order valence-corrected chi connectivity index (χ2v) is 3.39. The molecule has 0 bridgehead atoms. The zero-order chi connectivity index (χ0) is 12.3. The number of hydrogen-bond donors (Lipinski definition) is 0. The first-order chi connectivity index (χ1) is 7.36. The first kappa shape index (κ1) is 12.5. The molecule has 0 spiro atoms. The van der Waals surface area contributed by atoms with Crippen LogP contribution in [0.5, 0.6) is 0 Å². The predicted molar refractivity (Wildman–Crippen MR) is 55.3 cm³/mol. The molecule has 0 amide bonds. The van der Waals surface area contributed by atoms with Crippen LogP contribution in [0.3, 0.4) is 0 Å². The first-order valence-corrected chi connectivity index (χ1v) is 4.71. The molecule has 0 fully saturated rings. The van der Waals surface area contributed by atoms with Gasteiger partial charge in [0.25, 0.3) is 0 Å². The summed E-state index contributed by atoms with van der Waals surface area (Å²) in [6.45, 7) is 3.17. The van der Waals surface area contributed by atoms with Gasteiger partial charge in [-0.05, 0) is 37.6 Å². The van der Waals surface area contributed by atoms with Crippen LogP contribution in [-0.4, -0.2) is 5.78 Å². The van der Waals surface area contributed by atoms with Gasteiger partial charge in [-0.1, -0.05) is 12.1 Å². The lowest BCUT2D eigenvalue weighted by atomic mass is 10.0. The molecule has 1 aromatic carbocycles. The maximum absolute atomic E-state index is 12.3. The molecule has 1 aromatic rings. The van der Waals surface area contributed by atoms with Crippen LogP contribution in [0, 0.1) is 6.92 Å². The van der Waals surface area contributed by atoms with Crippen LogP contribution in [0.1, 0.15) is 28.4 Å². The summed E-state index contributed by atoms with van der Waals surface area (Å²) in [6.07, 6.45) is -1.48. The van der Waals surface area contributed by atoms with Crippen LogP contribution in [0.25, 0.3) is 0 Å². The molecule has 0 radical (unpaired) electrons. The lowest BCUT2D eigenvalue weighted by Gasteiger charge is -2.09. The van der Waals surface area contributed by atoms with Crippen LogP contribution in [0.15, 0.2) is 30.4 Å². The molecule has 1 nitrogen and oxygen atoms in total. The second kappa shape index (κ2) is 4.51. The molecule has 0 N–H and O–H groups in total. The number of halogens is 3. The maximum Gasteiger partial charge on any atom is 0.416 e. The van der Waals surface area contributed by atoms with Crippen molar-refractivity contribution in [3.63, 3.8) is 0 Å². The van der Waals surface area contributed by atoms with Crippen molar-refractivity contribution >= 4 is 5.78 Å². The van der Waals surface area contributed by atoms with Gasteiger partial charge in [-0.15, -0.1) is 0 Å². The number of alkyl halides is 3. The van der Waals surface area contributed by atoms with Crippen molar-refractivity contribution in [3.8, 4) is 0 Å². The molecular formula is C12H11F3O. The molecule has 0 saturated carbocycles. The monoisotopic (exact) mass is 228 g/mol. The molecular weight excluding hydrogens is 217 g/mol. The van der Waals surface area contributed by atoms with E-state index in [-0.39, 0.29) is 5.78 Å². The van der Waals surface area contributed by atoms with Gasteiger partial charge in [0.05, 0.1) is 5.56 Å². The van der Waals surface area contributed by atoms with Crippen molar-refractivity contribution in [3.05, 3.63) is 47.0 Å². The van der Waals surface area contributed by atoms with Crippen molar-refractivity contribution in [2.24, 2.45) is 0 Å². The third-order valence-electron chi connectivity index (χ3n) is 2.14. The number of hydrogen-bond acceptors (Lipinski definition) is 1. The molecule has 0 unspecified atom stereocenters. The van der Waals surface area contributed by atoms with Gasteiger partial charge in [-0.3, -0.25) is 4.79 Å². The second-order valence-electron chi connectivity index (χ2n) is 3.39. The smallest absolute Gasteiger partial charge is 0.289 e. The van der Waals surface area contributed by atoms with E-state index in [2.05, 4.69) is 0 Å². The average molecular weight is 228 g/mol. The van der Waals surface area contributed by atoms with Gasteiger partial charge in [-0.25, -0.2) is 0 Å². The Morgan fingerprint density at radius 2 is 1.94 bits per heavy atom. The van der Waals surface area contributed by atoms with Gasteiger partial charge < -0.3 is 0 Å². The van der Waals surface area contributed by atoms with Gasteiger partial charge >= 0.3 is 6.18 Å². The highest BCUT2D eigenvalue weighted by Crippen LogP contribution is 2.30. The summed E-state index contributed by atoms with van der Waals surface area (Å²) in [4.78, 5) is 11.5. The fraction of sp³-hybridized carbons (Fsp3) is 0.250. The Balaban J connectivity index is 3.15. The van der Waals surface area contributed by atoms with Crippen molar-refractivity contribution in [2.45, 2.75) is 20.0 Å². The molecule has 0 atom stereocenters. The average Bonchev–Trinajstić information content (AvgIpc) is 2.16. The lowest BCUT2D eigenvalue weighted by molar-refractivity contribution is -0.137. The Kier molecular flexibility index (Phi) is 3.52. The number of ketones is 1. The quantitative estimate of drug-likeness (QED) is 0.556. The summed E-state index contributed by atoms with van der Waals surface area (Å²) in [6, 6.07) is 3.11. The standard InChI is InChI=1S/C12H11F3O/c1-3-4-11(16)10-6-5-9(7-8(10)2)12(13,14)15/h3-7H,1-2H3/b4-3+. The van der Waals surface area contributed by atoms with E-state index in [4.69, 9.17) is 0 Å². The van der Waals surface area contributed by atoms with Gasteiger partial charge in [0.2, 0.25) is 0 Å². The summed E-state index contributed by atoms with van der Waals surface area (Å²) in [5.74, 6) is -0.284. The Hall–Kier alpha value is -1.58. The number of carbonyl (C=O) groups excluding carboxylic acids is 1.